The summed E-state index contributed by atoms with van der Waals surface area (Å²) in [6, 6.07) is 15.7. The lowest BCUT2D eigenvalue weighted by atomic mass is 9.94. The summed E-state index contributed by atoms with van der Waals surface area (Å²) in [6.07, 6.45) is 0. The van der Waals surface area contributed by atoms with Crippen LogP contribution in [0.2, 0.25) is 5.02 Å². The average molecular weight is 379 g/mol. The number of hydrogen-bond acceptors (Lipinski definition) is 3. The van der Waals surface area contributed by atoms with Crippen molar-refractivity contribution in [2.45, 2.75) is 6.92 Å². The third kappa shape index (κ3) is 2.96. The highest BCUT2D eigenvalue weighted by Gasteiger charge is 2.33. The van der Waals surface area contributed by atoms with E-state index >= 15 is 0 Å². The van der Waals surface area contributed by atoms with Gasteiger partial charge in [-0.2, -0.15) is 0 Å². The highest BCUT2D eigenvalue weighted by atomic mass is 35.5. The molecule has 3 amide bonds. The predicted octanol–water partition coefficient (Wildman–Crippen LogP) is 4.04. The van der Waals surface area contributed by atoms with Crippen molar-refractivity contribution in [1.29, 1.82) is 0 Å². The molecule has 0 bridgehead atoms. The number of imide groups is 1. The van der Waals surface area contributed by atoms with E-state index in [-0.39, 0.29) is 6.54 Å². The van der Waals surface area contributed by atoms with E-state index in [4.69, 9.17) is 11.6 Å². The van der Waals surface area contributed by atoms with Gasteiger partial charge in [-0.3, -0.25) is 19.3 Å². The van der Waals surface area contributed by atoms with Gasteiger partial charge in [-0.05, 0) is 42.1 Å². The molecule has 0 aliphatic carbocycles. The van der Waals surface area contributed by atoms with Gasteiger partial charge in [0.15, 0.2) is 0 Å². The third-order valence-electron chi connectivity index (χ3n) is 4.61. The van der Waals surface area contributed by atoms with Crippen LogP contribution in [0, 0.1) is 6.92 Å². The van der Waals surface area contributed by atoms with E-state index in [1.807, 2.05) is 19.1 Å². The van der Waals surface area contributed by atoms with Crippen molar-refractivity contribution in [1.82, 2.24) is 4.90 Å². The molecule has 3 aromatic carbocycles. The number of rotatable bonds is 3. The lowest BCUT2D eigenvalue weighted by Crippen LogP contribution is -2.44. The Balaban J connectivity index is 1.61. The fourth-order valence-corrected chi connectivity index (χ4v) is 3.42. The maximum Gasteiger partial charge on any atom is 0.261 e. The summed E-state index contributed by atoms with van der Waals surface area (Å²) in [5, 5.41) is 4.66. The van der Waals surface area contributed by atoms with E-state index in [1.165, 1.54) is 0 Å². The molecule has 4 rings (SSSR count). The number of halogens is 1. The summed E-state index contributed by atoms with van der Waals surface area (Å²) in [5.41, 5.74) is 2.25. The summed E-state index contributed by atoms with van der Waals surface area (Å²) < 4.78 is 0. The Morgan fingerprint density at radius 3 is 2.22 bits per heavy atom. The maximum atomic E-state index is 12.8. The van der Waals surface area contributed by atoms with E-state index in [0.717, 1.165) is 15.8 Å². The van der Waals surface area contributed by atoms with Crippen LogP contribution in [0.1, 0.15) is 26.3 Å². The number of benzene rings is 3. The molecular formula is C21H15ClN2O3. The molecule has 0 saturated heterocycles. The maximum absolute atomic E-state index is 12.8. The lowest BCUT2D eigenvalue weighted by molar-refractivity contribution is -0.116. The van der Waals surface area contributed by atoms with Crippen LogP contribution in [0.3, 0.4) is 0 Å². The normalized spacial score (nSPS) is 13.2. The van der Waals surface area contributed by atoms with Crippen LogP contribution < -0.4 is 5.32 Å². The monoisotopic (exact) mass is 378 g/mol. The molecule has 27 heavy (non-hydrogen) atoms. The van der Waals surface area contributed by atoms with Gasteiger partial charge in [0.2, 0.25) is 5.91 Å². The van der Waals surface area contributed by atoms with Gasteiger partial charge in [-0.1, -0.05) is 41.9 Å². The van der Waals surface area contributed by atoms with Crippen LogP contribution in [0.15, 0.2) is 54.6 Å². The first-order valence-corrected chi connectivity index (χ1v) is 8.77. The van der Waals surface area contributed by atoms with Crippen LogP contribution in [0.5, 0.6) is 0 Å². The van der Waals surface area contributed by atoms with Crippen LogP contribution in [-0.2, 0) is 4.79 Å². The molecular weight excluding hydrogens is 364 g/mol. The van der Waals surface area contributed by atoms with Crippen molar-refractivity contribution in [3.8, 4) is 0 Å². The third-order valence-corrected chi connectivity index (χ3v) is 5.02. The Morgan fingerprint density at radius 1 is 1.00 bits per heavy atom. The average Bonchev–Trinajstić information content (AvgIpc) is 2.66. The zero-order valence-corrected chi connectivity index (χ0v) is 15.2. The molecule has 0 fully saturated rings. The van der Waals surface area contributed by atoms with E-state index in [2.05, 4.69) is 5.32 Å². The van der Waals surface area contributed by atoms with Crippen molar-refractivity contribution >= 4 is 45.8 Å². The van der Waals surface area contributed by atoms with E-state index in [0.29, 0.717) is 27.2 Å². The summed E-state index contributed by atoms with van der Waals surface area (Å²) >= 11 is 6.07. The summed E-state index contributed by atoms with van der Waals surface area (Å²) in [7, 11) is 0. The minimum atomic E-state index is -0.471. The Hall–Kier alpha value is -3.18. The van der Waals surface area contributed by atoms with Gasteiger partial charge in [0.1, 0.15) is 6.54 Å². The first-order valence-electron chi connectivity index (χ1n) is 8.39. The number of nitrogens with one attached hydrogen (secondary N) is 1. The molecule has 1 aliphatic rings. The minimum Gasteiger partial charge on any atom is -0.324 e. The van der Waals surface area contributed by atoms with Gasteiger partial charge < -0.3 is 5.32 Å². The second kappa shape index (κ2) is 6.52. The molecule has 0 aromatic heterocycles. The second-order valence-electron chi connectivity index (χ2n) is 6.42. The SMILES string of the molecule is Cc1ccc(NC(=O)CN2C(=O)c3cccc4cccc(c34)C2=O)cc1Cl. The first kappa shape index (κ1) is 17.2. The van der Waals surface area contributed by atoms with Crippen molar-refractivity contribution in [2.24, 2.45) is 0 Å². The van der Waals surface area contributed by atoms with Crippen molar-refractivity contribution in [3.63, 3.8) is 0 Å². The highest BCUT2D eigenvalue weighted by Crippen LogP contribution is 2.30. The molecule has 0 radical (unpaired) electrons. The fraction of sp³-hybridized carbons (Fsp3) is 0.0952. The fourth-order valence-electron chi connectivity index (χ4n) is 3.24. The Bertz CT molecular complexity index is 1070. The Kier molecular flexibility index (Phi) is 4.16. The number of carbonyl (C=O) groups is 3. The molecule has 134 valence electrons. The summed E-state index contributed by atoms with van der Waals surface area (Å²) in [4.78, 5) is 39.0. The van der Waals surface area contributed by atoms with Gasteiger partial charge in [-0.25, -0.2) is 0 Å². The quantitative estimate of drug-likeness (QED) is 0.699. The molecule has 1 N–H and O–H groups in total. The van der Waals surface area contributed by atoms with Crippen molar-refractivity contribution < 1.29 is 14.4 Å². The molecule has 0 saturated carbocycles. The van der Waals surface area contributed by atoms with E-state index in [1.54, 1.807) is 42.5 Å². The molecule has 0 spiro atoms. The molecule has 3 aromatic rings. The van der Waals surface area contributed by atoms with Crippen LogP contribution in [0.4, 0.5) is 5.69 Å². The highest BCUT2D eigenvalue weighted by molar-refractivity contribution is 6.31. The number of carbonyl (C=O) groups excluding carboxylic acids is 3. The van der Waals surface area contributed by atoms with E-state index in [9.17, 15) is 14.4 Å². The molecule has 1 heterocycles. The van der Waals surface area contributed by atoms with Gasteiger partial charge >= 0.3 is 0 Å². The number of aryl methyl sites for hydroxylation is 1. The van der Waals surface area contributed by atoms with E-state index < -0.39 is 17.7 Å². The number of anilines is 1. The van der Waals surface area contributed by atoms with Crippen molar-refractivity contribution in [2.75, 3.05) is 11.9 Å². The number of amides is 3. The molecule has 0 atom stereocenters. The Labute approximate surface area is 160 Å². The van der Waals surface area contributed by atoms with Crippen molar-refractivity contribution in [3.05, 3.63) is 76.3 Å². The lowest BCUT2D eigenvalue weighted by Gasteiger charge is -2.26. The summed E-state index contributed by atoms with van der Waals surface area (Å²) in [5.74, 6) is -1.41. The summed E-state index contributed by atoms with van der Waals surface area (Å²) in [6.45, 7) is 1.49. The zero-order valence-electron chi connectivity index (χ0n) is 14.5. The molecule has 5 nitrogen and oxygen atoms in total. The number of nitrogens with zero attached hydrogens (tertiary/aromatic N) is 1. The molecule has 1 aliphatic heterocycles. The topological polar surface area (TPSA) is 66.5 Å². The van der Waals surface area contributed by atoms with Crippen LogP contribution >= 0.6 is 11.6 Å². The minimum absolute atomic E-state index is 0.367. The van der Waals surface area contributed by atoms with Crippen LogP contribution in [0.25, 0.3) is 10.8 Å². The van der Waals surface area contributed by atoms with Gasteiger partial charge in [-0.15, -0.1) is 0 Å². The van der Waals surface area contributed by atoms with Gasteiger partial charge in [0.05, 0.1) is 0 Å². The Morgan fingerprint density at radius 2 is 1.63 bits per heavy atom. The molecule has 6 heteroatoms. The van der Waals surface area contributed by atoms with Gasteiger partial charge in [0.25, 0.3) is 11.8 Å². The van der Waals surface area contributed by atoms with Gasteiger partial charge in [0, 0.05) is 27.2 Å². The number of hydrogen-bond donors (Lipinski definition) is 1. The zero-order chi connectivity index (χ0) is 19.1. The first-order chi connectivity index (χ1) is 13.0. The smallest absolute Gasteiger partial charge is 0.261 e. The van der Waals surface area contributed by atoms with Crippen LogP contribution in [-0.4, -0.2) is 29.2 Å². The predicted molar refractivity (Wildman–Crippen MR) is 104 cm³/mol. The largest absolute Gasteiger partial charge is 0.324 e. The second-order valence-corrected chi connectivity index (χ2v) is 6.83. The molecule has 0 unspecified atom stereocenters. The standard InChI is InChI=1S/C21H15ClN2O3/c1-12-8-9-14(10-17(12)22)23-18(25)11-24-20(26)15-6-2-4-13-5-3-7-16(19(13)15)21(24)27/h2-10H,11H2,1H3,(H,23,25).